The Balaban J connectivity index is 0.00000288. The van der Waals surface area contributed by atoms with E-state index in [1.54, 1.807) is 0 Å². The quantitative estimate of drug-likeness (QED) is 0.232. The third-order valence-corrected chi connectivity index (χ3v) is 4.71. The number of guanidine groups is 1. The first kappa shape index (κ1) is 22.0. The zero-order valence-corrected chi connectivity index (χ0v) is 17.9. The SMILES string of the molecule is CCNC(=NCCCN1CCC(C)CC1)NCCOCC1CC1.I. The Hall–Kier alpha value is -0.0800. The van der Waals surface area contributed by atoms with Gasteiger partial charge in [0.05, 0.1) is 6.61 Å². The number of nitrogens with zero attached hydrogens (tertiary/aromatic N) is 2. The predicted molar refractivity (Wildman–Crippen MR) is 112 cm³/mol. The predicted octanol–water partition coefficient (Wildman–Crippen LogP) is 2.71. The summed E-state index contributed by atoms with van der Waals surface area (Å²) in [6, 6.07) is 0. The number of piperidine rings is 1. The summed E-state index contributed by atoms with van der Waals surface area (Å²) in [4.78, 5) is 7.26. The van der Waals surface area contributed by atoms with Gasteiger partial charge < -0.3 is 20.3 Å². The summed E-state index contributed by atoms with van der Waals surface area (Å²) in [6.45, 7) is 12.5. The minimum absolute atomic E-state index is 0. The molecule has 0 unspecified atom stereocenters. The van der Waals surface area contributed by atoms with Gasteiger partial charge in [-0.25, -0.2) is 0 Å². The van der Waals surface area contributed by atoms with E-state index in [0.29, 0.717) is 0 Å². The molecule has 0 aromatic carbocycles. The van der Waals surface area contributed by atoms with E-state index in [2.05, 4.69) is 34.4 Å². The fourth-order valence-corrected chi connectivity index (χ4v) is 2.89. The number of aliphatic imine (C=N–C) groups is 1. The van der Waals surface area contributed by atoms with Gasteiger partial charge >= 0.3 is 0 Å². The van der Waals surface area contributed by atoms with Crippen molar-refractivity contribution in [2.24, 2.45) is 16.8 Å². The van der Waals surface area contributed by atoms with Crippen LogP contribution in [-0.4, -0.2) is 63.3 Å². The van der Waals surface area contributed by atoms with Crippen LogP contribution in [0.4, 0.5) is 0 Å². The van der Waals surface area contributed by atoms with Gasteiger partial charge in [0, 0.05) is 26.2 Å². The first-order valence-corrected chi connectivity index (χ1v) is 9.60. The average Bonchev–Trinajstić information content (AvgIpc) is 3.37. The van der Waals surface area contributed by atoms with E-state index < -0.39 is 0 Å². The van der Waals surface area contributed by atoms with Gasteiger partial charge in [-0.2, -0.15) is 0 Å². The molecule has 0 aromatic rings. The highest BCUT2D eigenvalue weighted by Crippen LogP contribution is 2.28. The van der Waals surface area contributed by atoms with Crippen LogP contribution in [0.1, 0.15) is 46.0 Å². The highest BCUT2D eigenvalue weighted by molar-refractivity contribution is 14.0. The molecular weight excluding hydrogens is 415 g/mol. The van der Waals surface area contributed by atoms with Crippen LogP contribution in [0.5, 0.6) is 0 Å². The summed E-state index contributed by atoms with van der Waals surface area (Å²) in [5.41, 5.74) is 0. The molecule has 0 spiro atoms. The Morgan fingerprint density at radius 1 is 1.17 bits per heavy atom. The van der Waals surface area contributed by atoms with Crippen LogP contribution in [0.3, 0.4) is 0 Å². The highest BCUT2D eigenvalue weighted by Gasteiger charge is 2.20. The number of likely N-dealkylation sites (tertiary alicyclic amines) is 1. The minimum atomic E-state index is 0. The van der Waals surface area contributed by atoms with E-state index in [-0.39, 0.29) is 24.0 Å². The van der Waals surface area contributed by atoms with Crippen molar-refractivity contribution in [3.05, 3.63) is 0 Å². The fraction of sp³-hybridized carbons (Fsp3) is 0.944. The third-order valence-electron chi connectivity index (χ3n) is 4.71. The molecule has 1 aliphatic heterocycles. The van der Waals surface area contributed by atoms with Gasteiger partial charge in [0.2, 0.25) is 0 Å². The summed E-state index contributed by atoms with van der Waals surface area (Å²) >= 11 is 0. The van der Waals surface area contributed by atoms with Gasteiger partial charge in [-0.15, -0.1) is 24.0 Å². The lowest BCUT2D eigenvalue weighted by molar-refractivity contribution is 0.129. The lowest BCUT2D eigenvalue weighted by Crippen LogP contribution is -2.39. The number of rotatable bonds is 10. The van der Waals surface area contributed by atoms with Crippen LogP contribution in [-0.2, 0) is 4.74 Å². The van der Waals surface area contributed by atoms with Crippen LogP contribution in [0.2, 0.25) is 0 Å². The van der Waals surface area contributed by atoms with Crippen molar-refractivity contribution in [2.45, 2.75) is 46.0 Å². The molecule has 142 valence electrons. The molecule has 0 atom stereocenters. The first-order chi connectivity index (χ1) is 11.3. The summed E-state index contributed by atoms with van der Waals surface area (Å²) in [6.07, 6.45) is 6.56. The number of hydrogen-bond donors (Lipinski definition) is 2. The van der Waals surface area contributed by atoms with Crippen LogP contribution in [0.15, 0.2) is 4.99 Å². The van der Waals surface area contributed by atoms with Gasteiger partial charge in [-0.1, -0.05) is 6.92 Å². The van der Waals surface area contributed by atoms with Crippen molar-refractivity contribution in [1.29, 1.82) is 0 Å². The molecule has 5 nitrogen and oxygen atoms in total. The van der Waals surface area contributed by atoms with Crippen LogP contribution < -0.4 is 10.6 Å². The molecule has 2 aliphatic rings. The smallest absolute Gasteiger partial charge is 0.191 e. The first-order valence-electron chi connectivity index (χ1n) is 9.60. The Labute approximate surface area is 165 Å². The Morgan fingerprint density at radius 3 is 2.58 bits per heavy atom. The van der Waals surface area contributed by atoms with Gasteiger partial charge in [-0.3, -0.25) is 4.99 Å². The molecule has 6 heteroatoms. The van der Waals surface area contributed by atoms with E-state index >= 15 is 0 Å². The summed E-state index contributed by atoms with van der Waals surface area (Å²) in [7, 11) is 0. The van der Waals surface area contributed by atoms with Crippen molar-refractivity contribution in [3.63, 3.8) is 0 Å². The minimum Gasteiger partial charge on any atom is -0.379 e. The highest BCUT2D eigenvalue weighted by atomic mass is 127. The van der Waals surface area contributed by atoms with Crippen molar-refractivity contribution < 1.29 is 4.74 Å². The molecule has 0 amide bonds. The maximum absolute atomic E-state index is 5.65. The second-order valence-corrected chi connectivity index (χ2v) is 7.08. The van der Waals surface area contributed by atoms with E-state index in [1.165, 1.54) is 45.3 Å². The second-order valence-electron chi connectivity index (χ2n) is 7.08. The molecule has 1 saturated carbocycles. The van der Waals surface area contributed by atoms with Crippen LogP contribution in [0, 0.1) is 11.8 Å². The summed E-state index contributed by atoms with van der Waals surface area (Å²) in [5.74, 6) is 2.68. The zero-order valence-electron chi connectivity index (χ0n) is 15.6. The van der Waals surface area contributed by atoms with E-state index in [4.69, 9.17) is 4.74 Å². The lowest BCUT2D eigenvalue weighted by atomic mass is 9.99. The Kier molecular flexibility index (Phi) is 12.0. The molecule has 2 rings (SSSR count). The maximum atomic E-state index is 5.65. The molecule has 1 heterocycles. The van der Waals surface area contributed by atoms with Crippen molar-refractivity contribution in [2.75, 3.05) is 52.5 Å². The number of nitrogens with one attached hydrogen (secondary N) is 2. The monoisotopic (exact) mass is 452 g/mol. The molecule has 24 heavy (non-hydrogen) atoms. The van der Waals surface area contributed by atoms with Gasteiger partial charge in [-0.05, 0) is 70.5 Å². The van der Waals surface area contributed by atoms with E-state index in [9.17, 15) is 0 Å². The van der Waals surface area contributed by atoms with E-state index in [0.717, 1.165) is 57.1 Å². The second kappa shape index (κ2) is 13.2. The van der Waals surface area contributed by atoms with Crippen LogP contribution >= 0.6 is 24.0 Å². The molecule has 2 fully saturated rings. The molecular formula is C18H37IN4O. The summed E-state index contributed by atoms with van der Waals surface area (Å²) in [5, 5.41) is 6.67. The van der Waals surface area contributed by atoms with Crippen molar-refractivity contribution >= 4 is 29.9 Å². The molecule has 0 bridgehead atoms. The number of halogens is 1. The largest absolute Gasteiger partial charge is 0.379 e. The standard InChI is InChI=1S/C18H36N4O.HI/c1-3-19-18(21-10-14-23-15-17-5-6-17)20-9-4-11-22-12-7-16(2)8-13-22;/h16-17H,3-15H2,1-2H3,(H2,19,20,21);1H. The molecule has 0 aromatic heterocycles. The van der Waals surface area contributed by atoms with E-state index in [1.807, 2.05) is 0 Å². The van der Waals surface area contributed by atoms with Gasteiger partial charge in [0.25, 0.3) is 0 Å². The molecule has 1 aliphatic carbocycles. The average molecular weight is 452 g/mol. The fourth-order valence-electron chi connectivity index (χ4n) is 2.89. The Morgan fingerprint density at radius 2 is 1.92 bits per heavy atom. The van der Waals surface area contributed by atoms with Gasteiger partial charge in [0.15, 0.2) is 5.96 Å². The summed E-state index contributed by atoms with van der Waals surface area (Å²) < 4.78 is 5.65. The lowest BCUT2D eigenvalue weighted by Gasteiger charge is -2.29. The number of hydrogen-bond acceptors (Lipinski definition) is 3. The molecule has 2 N–H and O–H groups in total. The zero-order chi connectivity index (χ0) is 16.3. The maximum Gasteiger partial charge on any atom is 0.191 e. The normalized spacial score (nSPS) is 19.8. The number of ether oxygens (including phenoxy) is 1. The van der Waals surface area contributed by atoms with Gasteiger partial charge in [0.1, 0.15) is 0 Å². The molecule has 0 radical (unpaired) electrons. The van der Waals surface area contributed by atoms with Crippen molar-refractivity contribution in [3.8, 4) is 0 Å². The third kappa shape index (κ3) is 10.0. The van der Waals surface area contributed by atoms with Crippen molar-refractivity contribution in [1.82, 2.24) is 15.5 Å². The molecule has 1 saturated heterocycles. The van der Waals surface area contributed by atoms with Crippen LogP contribution in [0.25, 0.3) is 0 Å². The Bertz CT molecular complexity index is 342. The topological polar surface area (TPSA) is 48.9 Å².